The summed E-state index contributed by atoms with van der Waals surface area (Å²) in [5, 5.41) is 7.58. The number of hydrogen-bond acceptors (Lipinski definition) is 3. The van der Waals surface area contributed by atoms with E-state index in [0.717, 1.165) is 0 Å². The first-order valence-corrected chi connectivity index (χ1v) is 4.59. The molecule has 0 aliphatic rings. The molecule has 84 valence electrons. The zero-order valence-corrected chi connectivity index (χ0v) is 8.61. The second kappa shape index (κ2) is 4.52. The molecule has 8 heteroatoms. The first-order chi connectivity index (χ1) is 6.95. The van der Waals surface area contributed by atoms with Gasteiger partial charge in [-0.15, -0.1) is 11.6 Å². The standard InChI is InChI=1S/C7H9ClF2N4O/c1-4-12-6(14-13-4)7(9,10)3-11-5(15)2-8/h2-3H2,1H3,(H,11,15)(H,12,13,14). The highest BCUT2D eigenvalue weighted by atomic mass is 35.5. The molecule has 1 heterocycles. The highest BCUT2D eigenvalue weighted by Gasteiger charge is 2.36. The fourth-order valence-electron chi connectivity index (χ4n) is 0.842. The Balaban J connectivity index is 2.63. The third kappa shape index (κ3) is 3.12. The Kier molecular flexibility index (Phi) is 3.57. The molecule has 0 radical (unpaired) electrons. The first kappa shape index (κ1) is 11.8. The second-order valence-electron chi connectivity index (χ2n) is 2.86. The third-order valence-corrected chi connectivity index (χ3v) is 1.80. The molecule has 0 saturated heterocycles. The summed E-state index contributed by atoms with van der Waals surface area (Å²) in [7, 11) is 0. The normalized spacial score (nSPS) is 11.5. The van der Waals surface area contributed by atoms with E-state index in [2.05, 4.69) is 15.2 Å². The summed E-state index contributed by atoms with van der Waals surface area (Å²) in [6, 6.07) is 0. The average molecular weight is 239 g/mol. The number of nitrogens with one attached hydrogen (secondary N) is 2. The fourth-order valence-corrected chi connectivity index (χ4v) is 0.937. The Morgan fingerprint density at radius 1 is 1.67 bits per heavy atom. The van der Waals surface area contributed by atoms with Gasteiger partial charge in [-0.05, 0) is 6.92 Å². The molecule has 0 aliphatic heterocycles. The van der Waals surface area contributed by atoms with Crippen molar-refractivity contribution in [1.29, 1.82) is 0 Å². The van der Waals surface area contributed by atoms with Gasteiger partial charge >= 0.3 is 5.92 Å². The van der Waals surface area contributed by atoms with Crippen molar-refractivity contribution in [2.24, 2.45) is 0 Å². The number of aromatic nitrogens is 3. The van der Waals surface area contributed by atoms with E-state index in [9.17, 15) is 13.6 Å². The van der Waals surface area contributed by atoms with Crippen LogP contribution in [0.4, 0.5) is 8.78 Å². The van der Waals surface area contributed by atoms with Crippen LogP contribution in [0.3, 0.4) is 0 Å². The summed E-state index contributed by atoms with van der Waals surface area (Å²) in [6.07, 6.45) is 0. The lowest BCUT2D eigenvalue weighted by Crippen LogP contribution is -2.36. The quantitative estimate of drug-likeness (QED) is 0.753. The Morgan fingerprint density at radius 2 is 2.33 bits per heavy atom. The van der Waals surface area contributed by atoms with Crippen LogP contribution in [-0.4, -0.2) is 33.5 Å². The molecule has 2 N–H and O–H groups in total. The highest BCUT2D eigenvalue weighted by Crippen LogP contribution is 2.23. The lowest BCUT2D eigenvalue weighted by molar-refractivity contribution is -0.121. The Hall–Kier alpha value is -1.24. The summed E-state index contributed by atoms with van der Waals surface area (Å²) in [4.78, 5) is 14.2. The molecular weight excluding hydrogens is 230 g/mol. The van der Waals surface area contributed by atoms with Crippen LogP contribution >= 0.6 is 11.6 Å². The molecule has 0 spiro atoms. The van der Waals surface area contributed by atoms with Gasteiger partial charge in [-0.25, -0.2) is 4.98 Å². The van der Waals surface area contributed by atoms with Gasteiger partial charge in [0.15, 0.2) is 0 Å². The van der Waals surface area contributed by atoms with E-state index >= 15 is 0 Å². The number of halogens is 3. The largest absolute Gasteiger partial charge is 0.349 e. The zero-order valence-electron chi connectivity index (χ0n) is 7.85. The van der Waals surface area contributed by atoms with Crippen molar-refractivity contribution >= 4 is 17.5 Å². The van der Waals surface area contributed by atoms with Gasteiger partial charge in [-0.1, -0.05) is 0 Å². The molecule has 0 aliphatic carbocycles. The molecule has 0 bridgehead atoms. The number of hydrogen-bond donors (Lipinski definition) is 2. The molecule has 0 unspecified atom stereocenters. The molecular formula is C7H9ClF2N4O. The van der Waals surface area contributed by atoms with Crippen LogP contribution in [0, 0.1) is 6.92 Å². The smallest absolute Gasteiger partial charge is 0.325 e. The van der Waals surface area contributed by atoms with Crippen LogP contribution in [0.25, 0.3) is 0 Å². The van der Waals surface area contributed by atoms with Gasteiger partial charge in [-0.2, -0.15) is 13.9 Å². The lowest BCUT2D eigenvalue weighted by Gasteiger charge is -2.12. The van der Waals surface area contributed by atoms with Crippen LogP contribution in [0.2, 0.25) is 0 Å². The fraction of sp³-hybridized carbons (Fsp3) is 0.571. The molecule has 1 aromatic heterocycles. The van der Waals surface area contributed by atoms with Crippen molar-refractivity contribution in [3.63, 3.8) is 0 Å². The highest BCUT2D eigenvalue weighted by molar-refractivity contribution is 6.27. The first-order valence-electron chi connectivity index (χ1n) is 4.05. The van der Waals surface area contributed by atoms with Crippen LogP contribution < -0.4 is 5.32 Å². The Bertz CT molecular complexity index is 355. The number of carbonyl (C=O) groups excluding carboxylic acids is 1. The van der Waals surface area contributed by atoms with Crippen molar-refractivity contribution in [1.82, 2.24) is 20.5 Å². The number of H-pyrrole nitrogens is 1. The van der Waals surface area contributed by atoms with Crippen molar-refractivity contribution in [2.45, 2.75) is 12.8 Å². The summed E-state index contributed by atoms with van der Waals surface area (Å²) in [5.41, 5.74) is 0. The van der Waals surface area contributed by atoms with E-state index in [-0.39, 0.29) is 11.7 Å². The van der Waals surface area contributed by atoms with Gasteiger partial charge in [0.1, 0.15) is 11.7 Å². The van der Waals surface area contributed by atoms with Gasteiger partial charge in [0, 0.05) is 0 Å². The monoisotopic (exact) mass is 238 g/mol. The Labute approximate surface area is 89.2 Å². The van der Waals surface area contributed by atoms with Gasteiger partial charge in [0.05, 0.1) is 6.54 Å². The Morgan fingerprint density at radius 3 is 2.80 bits per heavy atom. The molecule has 0 fully saturated rings. The SMILES string of the molecule is Cc1nc(C(F)(F)CNC(=O)CCl)n[nH]1. The van der Waals surface area contributed by atoms with Crippen molar-refractivity contribution in [3.05, 3.63) is 11.6 Å². The van der Waals surface area contributed by atoms with Gasteiger partial charge < -0.3 is 5.32 Å². The number of rotatable bonds is 4. The summed E-state index contributed by atoms with van der Waals surface area (Å²) in [6.45, 7) is 0.639. The van der Waals surface area contributed by atoms with Crippen molar-refractivity contribution in [3.8, 4) is 0 Å². The van der Waals surface area contributed by atoms with Crippen LogP contribution in [0.5, 0.6) is 0 Å². The van der Waals surface area contributed by atoms with E-state index in [1.165, 1.54) is 6.92 Å². The zero-order chi connectivity index (χ0) is 11.5. The van der Waals surface area contributed by atoms with Crippen LogP contribution in [0.15, 0.2) is 0 Å². The molecule has 1 aromatic rings. The molecule has 0 atom stereocenters. The van der Waals surface area contributed by atoms with E-state index in [4.69, 9.17) is 11.6 Å². The van der Waals surface area contributed by atoms with Gasteiger partial charge in [0.2, 0.25) is 11.7 Å². The van der Waals surface area contributed by atoms with E-state index in [1.807, 2.05) is 5.32 Å². The number of aromatic amines is 1. The predicted octanol–water partition coefficient (Wildman–Crippen LogP) is 0.560. The number of nitrogens with zero attached hydrogens (tertiary/aromatic N) is 2. The maximum atomic E-state index is 13.3. The van der Waals surface area contributed by atoms with Crippen molar-refractivity contribution < 1.29 is 13.6 Å². The lowest BCUT2D eigenvalue weighted by atomic mass is 10.3. The maximum absolute atomic E-state index is 13.3. The minimum Gasteiger partial charge on any atom is -0.349 e. The minimum atomic E-state index is -3.30. The number of alkyl halides is 3. The topological polar surface area (TPSA) is 70.7 Å². The van der Waals surface area contributed by atoms with Gasteiger partial charge in [-0.3, -0.25) is 9.89 Å². The molecule has 5 nitrogen and oxygen atoms in total. The number of amides is 1. The number of carbonyl (C=O) groups is 1. The van der Waals surface area contributed by atoms with Crippen LogP contribution in [-0.2, 0) is 10.7 Å². The van der Waals surface area contributed by atoms with E-state index in [0.29, 0.717) is 0 Å². The maximum Gasteiger partial charge on any atom is 0.325 e. The molecule has 1 amide bonds. The second-order valence-corrected chi connectivity index (χ2v) is 3.13. The molecule has 1 rings (SSSR count). The summed E-state index contributed by atoms with van der Waals surface area (Å²) >= 11 is 5.14. The van der Waals surface area contributed by atoms with E-state index < -0.39 is 24.2 Å². The molecule has 15 heavy (non-hydrogen) atoms. The average Bonchev–Trinajstić information content (AvgIpc) is 2.62. The van der Waals surface area contributed by atoms with E-state index in [1.54, 1.807) is 0 Å². The van der Waals surface area contributed by atoms with Crippen LogP contribution in [0.1, 0.15) is 11.6 Å². The third-order valence-electron chi connectivity index (χ3n) is 1.55. The molecule has 0 saturated carbocycles. The number of aryl methyl sites for hydroxylation is 1. The minimum absolute atomic E-state index is 0.286. The van der Waals surface area contributed by atoms with Crippen molar-refractivity contribution in [2.75, 3.05) is 12.4 Å². The predicted molar refractivity (Wildman–Crippen MR) is 48.7 cm³/mol. The summed E-state index contributed by atoms with van der Waals surface area (Å²) < 4.78 is 26.5. The molecule has 0 aromatic carbocycles. The summed E-state index contributed by atoms with van der Waals surface area (Å²) in [5.74, 6) is -4.68. The van der Waals surface area contributed by atoms with Gasteiger partial charge in [0.25, 0.3) is 0 Å².